The molecule has 43 heavy (non-hydrogen) atoms. The summed E-state index contributed by atoms with van der Waals surface area (Å²) in [5, 5.41) is 24.3. The van der Waals surface area contributed by atoms with Crippen molar-refractivity contribution in [2.75, 3.05) is 29.9 Å². The summed E-state index contributed by atoms with van der Waals surface area (Å²) >= 11 is 0. The van der Waals surface area contributed by atoms with Crippen LogP contribution in [-0.4, -0.2) is 64.9 Å². The fourth-order valence-electron chi connectivity index (χ4n) is 4.53. The number of fused-ring (bicyclic) bond motifs is 1. The highest BCUT2D eigenvalue weighted by Crippen LogP contribution is 2.24. The number of carbonyl (C=O) groups is 3. The molecule has 1 saturated heterocycles. The van der Waals surface area contributed by atoms with Crippen molar-refractivity contribution in [1.82, 2.24) is 20.8 Å². The first kappa shape index (κ1) is 31.0. The predicted octanol–water partition coefficient (Wildman–Crippen LogP) is 4.74. The van der Waals surface area contributed by atoms with E-state index in [2.05, 4.69) is 38.0 Å². The van der Waals surface area contributed by atoms with Crippen LogP contribution in [0.3, 0.4) is 0 Å². The first-order valence-electron chi connectivity index (χ1n) is 13.5. The van der Waals surface area contributed by atoms with Gasteiger partial charge in [0.25, 0.3) is 11.8 Å². The lowest BCUT2D eigenvalue weighted by Crippen LogP contribution is -2.49. The van der Waals surface area contributed by atoms with Crippen molar-refractivity contribution >= 4 is 40.2 Å². The van der Waals surface area contributed by atoms with Gasteiger partial charge in [0.1, 0.15) is 0 Å². The smallest absolute Gasteiger partial charge is 0.475 e. The fourth-order valence-corrected chi connectivity index (χ4v) is 4.53. The minimum absolute atomic E-state index is 0.134. The zero-order valence-corrected chi connectivity index (χ0v) is 23.4. The van der Waals surface area contributed by atoms with Crippen LogP contribution in [0.15, 0.2) is 72.8 Å². The third-order valence-corrected chi connectivity index (χ3v) is 6.81. The molecule has 1 fully saturated rings. The third-order valence-electron chi connectivity index (χ3n) is 6.81. The standard InChI is InChI=1S/C28H30N6O2.C2HF3O2/c1-18-17-34(15-14-29-18)23-11-8-21(9-12-23)27(35)31-26-24-16-22(10-13-25(24)32-33-26)28(36)30-19(2)20-6-4-3-5-7-20;3-2(4,5)1(6)7/h3-13,16,18-19,29H,14-15,17H2,1-2H3,(H,30,36)(H2,31,32,33,35);(H,6,7). The normalized spacial score (nSPS) is 15.7. The van der Waals surface area contributed by atoms with Crippen LogP contribution in [0.25, 0.3) is 10.9 Å². The highest BCUT2D eigenvalue weighted by Gasteiger charge is 2.38. The van der Waals surface area contributed by atoms with Gasteiger partial charge < -0.3 is 26.0 Å². The SMILES string of the molecule is CC1CN(c2ccc(C(=O)Nc3n[nH]c4ccc(C(=O)NC(C)c5ccccc5)cc34)cc2)CCN1.O=C(O)C(F)(F)F. The van der Waals surface area contributed by atoms with Gasteiger partial charge in [-0.15, -0.1) is 0 Å². The van der Waals surface area contributed by atoms with Crippen LogP contribution < -0.4 is 20.9 Å². The first-order valence-corrected chi connectivity index (χ1v) is 13.5. The van der Waals surface area contributed by atoms with Crippen LogP contribution >= 0.6 is 0 Å². The molecule has 0 radical (unpaired) electrons. The number of H-pyrrole nitrogens is 1. The predicted molar refractivity (Wildman–Crippen MR) is 156 cm³/mol. The fraction of sp³-hybridized carbons (Fsp3) is 0.267. The van der Waals surface area contributed by atoms with Crippen molar-refractivity contribution in [3.8, 4) is 0 Å². The number of carboxylic acid groups (broad SMARTS) is 1. The maximum atomic E-state index is 12.9. The van der Waals surface area contributed by atoms with Crippen LogP contribution in [0.1, 0.15) is 46.2 Å². The summed E-state index contributed by atoms with van der Waals surface area (Å²) in [6, 6.07) is 23.0. The van der Waals surface area contributed by atoms with Gasteiger partial charge in [-0.05, 0) is 61.9 Å². The first-order chi connectivity index (χ1) is 20.4. The number of rotatable bonds is 6. The minimum Gasteiger partial charge on any atom is -0.475 e. The number of nitrogens with zero attached hydrogens (tertiary/aromatic N) is 2. The van der Waals surface area contributed by atoms with Crippen molar-refractivity contribution < 1.29 is 32.7 Å². The van der Waals surface area contributed by atoms with E-state index in [0.29, 0.717) is 28.4 Å². The molecule has 2 atom stereocenters. The Bertz CT molecular complexity index is 1570. The van der Waals surface area contributed by atoms with E-state index in [0.717, 1.165) is 36.4 Å². The Kier molecular flexibility index (Phi) is 9.66. The van der Waals surface area contributed by atoms with E-state index in [1.165, 1.54) is 0 Å². The second-order valence-corrected chi connectivity index (χ2v) is 10.0. The molecule has 1 aliphatic rings. The molecular weight excluding hydrogens is 565 g/mol. The molecule has 1 aliphatic heterocycles. The van der Waals surface area contributed by atoms with Crippen LogP contribution in [0.5, 0.6) is 0 Å². The summed E-state index contributed by atoms with van der Waals surface area (Å²) in [5.74, 6) is -2.81. The van der Waals surface area contributed by atoms with Crippen LogP contribution in [0.4, 0.5) is 24.7 Å². The second-order valence-electron chi connectivity index (χ2n) is 10.0. The second kappa shape index (κ2) is 13.4. The minimum atomic E-state index is -5.08. The topological polar surface area (TPSA) is 139 Å². The molecule has 226 valence electrons. The van der Waals surface area contributed by atoms with Gasteiger partial charge in [0, 0.05) is 47.9 Å². The van der Waals surface area contributed by atoms with Crippen molar-refractivity contribution in [3.63, 3.8) is 0 Å². The zero-order chi connectivity index (χ0) is 31.1. The maximum Gasteiger partial charge on any atom is 0.490 e. The number of aliphatic carboxylic acids is 1. The number of anilines is 2. The van der Waals surface area contributed by atoms with Crippen LogP contribution in [-0.2, 0) is 4.79 Å². The molecule has 5 N–H and O–H groups in total. The molecule has 4 aromatic rings. The molecule has 2 heterocycles. The number of alkyl halides is 3. The molecule has 0 spiro atoms. The summed E-state index contributed by atoms with van der Waals surface area (Å²) < 4.78 is 31.7. The molecule has 10 nitrogen and oxygen atoms in total. The van der Waals surface area contributed by atoms with E-state index >= 15 is 0 Å². The van der Waals surface area contributed by atoms with Gasteiger partial charge in [0.2, 0.25) is 0 Å². The average molecular weight is 597 g/mol. The van der Waals surface area contributed by atoms with E-state index in [1.807, 2.05) is 61.5 Å². The number of benzene rings is 3. The van der Waals surface area contributed by atoms with Crippen molar-refractivity contribution in [2.24, 2.45) is 0 Å². The van der Waals surface area contributed by atoms with Crippen molar-refractivity contribution in [1.29, 1.82) is 0 Å². The quantitative estimate of drug-likeness (QED) is 0.217. The van der Waals surface area contributed by atoms with Gasteiger partial charge >= 0.3 is 12.1 Å². The summed E-state index contributed by atoms with van der Waals surface area (Å²) in [6.07, 6.45) is -5.08. The molecule has 1 aromatic heterocycles. The third kappa shape index (κ3) is 8.10. The van der Waals surface area contributed by atoms with E-state index < -0.39 is 12.1 Å². The Labute approximate surface area is 245 Å². The molecule has 0 aliphatic carbocycles. The largest absolute Gasteiger partial charge is 0.490 e. The number of halogens is 3. The van der Waals surface area contributed by atoms with E-state index in [9.17, 15) is 22.8 Å². The summed E-state index contributed by atoms with van der Waals surface area (Å²) in [7, 11) is 0. The lowest BCUT2D eigenvalue weighted by atomic mass is 10.1. The number of aromatic nitrogens is 2. The highest BCUT2D eigenvalue weighted by atomic mass is 19.4. The Morgan fingerprint density at radius 1 is 1.00 bits per heavy atom. The van der Waals surface area contributed by atoms with E-state index in [4.69, 9.17) is 9.90 Å². The van der Waals surface area contributed by atoms with Gasteiger partial charge in [-0.25, -0.2) is 4.79 Å². The molecule has 2 unspecified atom stereocenters. The van der Waals surface area contributed by atoms with Crippen LogP contribution in [0.2, 0.25) is 0 Å². The number of nitrogens with one attached hydrogen (secondary N) is 4. The number of hydrogen-bond donors (Lipinski definition) is 5. The van der Waals surface area contributed by atoms with Gasteiger partial charge in [-0.1, -0.05) is 30.3 Å². The Morgan fingerprint density at radius 3 is 2.28 bits per heavy atom. The number of amides is 2. The molecule has 3 aromatic carbocycles. The molecule has 5 rings (SSSR count). The number of hydrogen-bond acceptors (Lipinski definition) is 6. The lowest BCUT2D eigenvalue weighted by Gasteiger charge is -2.33. The van der Waals surface area contributed by atoms with Gasteiger partial charge in [-0.3, -0.25) is 14.7 Å². The van der Waals surface area contributed by atoms with Crippen molar-refractivity contribution in [3.05, 3.63) is 89.5 Å². The highest BCUT2D eigenvalue weighted by molar-refractivity contribution is 6.09. The molecule has 0 bridgehead atoms. The Morgan fingerprint density at radius 2 is 1.65 bits per heavy atom. The zero-order valence-electron chi connectivity index (χ0n) is 23.4. The van der Waals surface area contributed by atoms with Gasteiger partial charge in [0.05, 0.1) is 11.6 Å². The van der Waals surface area contributed by atoms with Gasteiger partial charge in [-0.2, -0.15) is 18.3 Å². The summed E-state index contributed by atoms with van der Waals surface area (Å²) in [5.41, 5.74) is 3.91. The van der Waals surface area contributed by atoms with Crippen molar-refractivity contribution in [2.45, 2.75) is 32.1 Å². The number of carboxylic acids is 1. The Balaban J connectivity index is 0.000000541. The molecule has 2 amide bonds. The molecule has 13 heteroatoms. The van der Waals surface area contributed by atoms with Crippen LogP contribution in [0, 0.1) is 0 Å². The molecule has 0 saturated carbocycles. The Hall–Kier alpha value is -4.91. The summed E-state index contributed by atoms with van der Waals surface area (Å²) in [4.78, 5) is 37.1. The molecular formula is C30H31F3N6O4. The van der Waals surface area contributed by atoms with E-state index in [1.54, 1.807) is 18.2 Å². The maximum absolute atomic E-state index is 12.9. The average Bonchev–Trinajstić information content (AvgIpc) is 3.39. The number of carbonyl (C=O) groups excluding carboxylic acids is 2. The van der Waals surface area contributed by atoms with E-state index in [-0.39, 0.29) is 17.9 Å². The lowest BCUT2D eigenvalue weighted by molar-refractivity contribution is -0.192. The summed E-state index contributed by atoms with van der Waals surface area (Å²) in [6.45, 7) is 6.94. The monoisotopic (exact) mass is 596 g/mol. The van der Waals surface area contributed by atoms with Gasteiger partial charge in [0.15, 0.2) is 5.82 Å². The number of aromatic amines is 1. The number of piperazine rings is 1.